The van der Waals surface area contributed by atoms with E-state index in [-0.39, 0.29) is 6.04 Å². The van der Waals surface area contributed by atoms with Crippen molar-refractivity contribution >= 4 is 27.6 Å². The van der Waals surface area contributed by atoms with Gasteiger partial charge in [-0.15, -0.1) is 0 Å². The van der Waals surface area contributed by atoms with Crippen molar-refractivity contribution in [3.8, 4) is 0 Å². The van der Waals surface area contributed by atoms with E-state index in [1.54, 1.807) is 0 Å². The van der Waals surface area contributed by atoms with Crippen LogP contribution in [-0.2, 0) is 0 Å². The molecule has 1 unspecified atom stereocenters. The van der Waals surface area contributed by atoms with Gasteiger partial charge in [0.15, 0.2) is 0 Å². The average Bonchev–Trinajstić information content (AvgIpc) is 3.03. The summed E-state index contributed by atoms with van der Waals surface area (Å²) >= 11 is 3.48. The Morgan fingerprint density at radius 2 is 1.88 bits per heavy atom. The standard InChI is InChI=1S/C18H16BrN5/c1-11-3-8-15(12(2)9-11)17-10-16(13-4-6-14(19)7-5-13)20-18-21-22-23-24(17)18/h3-10,17H,1-2H3,(H,20,21,23). The Morgan fingerprint density at radius 1 is 1.08 bits per heavy atom. The van der Waals surface area contributed by atoms with Gasteiger partial charge in [0.2, 0.25) is 5.95 Å². The van der Waals surface area contributed by atoms with Crippen molar-refractivity contribution in [2.24, 2.45) is 0 Å². The third-order valence-corrected chi connectivity index (χ3v) is 4.76. The number of tetrazole rings is 1. The fourth-order valence-electron chi connectivity index (χ4n) is 3.03. The summed E-state index contributed by atoms with van der Waals surface area (Å²) in [4.78, 5) is 0. The molecular formula is C18H16BrN5. The molecule has 5 nitrogen and oxygen atoms in total. The third-order valence-electron chi connectivity index (χ3n) is 4.23. The van der Waals surface area contributed by atoms with E-state index in [2.05, 4.69) is 87.0 Å². The number of allylic oxidation sites excluding steroid dienone is 1. The van der Waals surface area contributed by atoms with Gasteiger partial charge in [0.1, 0.15) is 6.04 Å². The van der Waals surface area contributed by atoms with Crippen molar-refractivity contribution in [2.75, 3.05) is 5.32 Å². The lowest BCUT2D eigenvalue weighted by molar-refractivity contribution is 0.583. The molecule has 1 aliphatic heterocycles. The Balaban J connectivity index is 1.83. The monoisotopic (exact) mass is 381 g/mol. The zero-order valence-electron chi connectivity index (χ0n) is 13.4. The molecule has 1 atom stereocenters. The van der Waals surface area contributed by atoms with E-state index in [1.807, 2.05) is 16.8 Å². The maximum atomic E-state index is 4.16. The molecule has 0 spiro atoms. The Morgan fingerprint density at radius 3 is 2.62 bits per heavy atom. The Bertz CT molecular complexity index is 927. The first-order valence-electron chi connectivity index (χ1n) is 7.71. The first-order chi connectivity index (χ1) is 11.6. The number of nitrogens with one attached hydrogen (secondary N) is 1. The topological polar surface area (TPSA) is 55.6 Å². The van der Waals surface area contributed by atoms with E-state index in [0.29, 0.717) is 5.95 Å². The second-order valence-corrected chi connectivity index (χ2v) is 6.88. The smallest absolute Gasteiger partial charge is 0.248 e. The van der Waals surface area contributed by atoms with Crippen molar-refractivity contribution in [3.63, 3.8) is 0 Å². The number of aryl methyl sites for hydroxylation is 2. The van der Waals surface area contributed by atoms with Crippen LogP contribution in [0.3, 0.4) is 0 Å². The van der Waals surface area contributed by atoms with Crippen LogP contribution < -0.4 is 5.32 Å². The van der Waals surface area contributed by atoms with Crippen LogP contribution in [0.2, 0.25) is 0 Å². The molecule has 1 aromatic heterocycles. The van der Waals surface area contributed by atoms with Gasteiger partial charge in [-0.05, 0) is 59.2 Å². The van der Waals surface area contributed by atoms with Crippen LogP contribution in [0.5, 0.6) is 0 Å². The zero-order valence-corrected chi connectivity index (χ0v) is 14.9. The molecule has 0 aliphatic carbocycles. The van der Waals surface area contributed by atoms with Crippen LogP contribution in [0.25, 0.3) is 5.70 Å². The van der Waals surface area contributed by atoms with E-state index >= 15 is 0 Å². The molecule has 120 valence electrons. The van der Waals surface area contributed by atoms with Crippen molar-refractivity contribution in [1.29, 1.82) is 0 Å². The highest BCUT2D eigenvalue weighted by Crippen LogP contribution is 2.33. The second kappa shape index (κ2) is 5.87. The normalized spacial score (nSPS) is 16.3. The molecular weight excluding hydrogens is 366 g/mol. The number of hydrogen-bond donors (Lipinski definition) is 1. The van der Waals surface area contributed by atoms with Crippen molar-refractivity contribution in [2.45, 2.75) is 19.9 Å². The number of rotatable bonds is 2. The molecule has 2 heterocycles. The Hall–Kier alpha value is -2.47. The highest BCUT2D eigenvalue weighted by atomic mass is 79.9. The fourth-order valence-corrected chi connectivity index (χ4v) is 3.30. The SMILES string of the molecule is Cc1ccc(C2C=C(c3ccc(Br)cc3)Nc3nnnn32)c(C)c1. The fraction of sp³-hybridized carbons (Fsp3) is 0.167. The molecule has 3 aromatic rings. The van der Waals surface area contributed by atoms with Crippen molar-refractivity contribution in [1.82, 2.24) is 20.2 Å². The number of anilines is 1. The lowest BCUT2D eigenvalue weighted by atomic mass is 9.96. The minimum absolute atomic E-state index is 0.0319. The lowest BCUT2D eigenvalue weighted by Gasteiger charge is -2.24. The molecule has 6 heteroatoms. The third kappa shape index (κ3) is 2.63. The van der Waals surface area contributed by atoms with E-state index in [0.717, 1.165) is 15.7 Å². The maximum Gasteiger partial charge on any atom is 0.248 e. The van der Waals surface area contributed by atoms with E-state index in [4.69, 9.17) is 0 Å². The molecule has 2 aromatic carbocycles. The average molecular weight is 382 g/mol. The van der Waals surface area contributed by atoms with Crippen LogP contribution in [0.4, 0.5) is 5.95 Å². The summed E-state index contributed by atoms with van der Waals surface area (Å²) in [5.74, 6) is 0.653. The van der Waals surface area contributed by atoms with Crippen LogP contribution in [0.15, 0.2) is 53.0 Å². The molecule has 24 heavy (non-hydrogen) atoms. The molecule has 1 N–H and O–H groups in total. The molecule has 0 fully saturated rings. The van der Waals surface area contributed by atoms with Crippen molar-refractivity contribution < 1.29 is 0 Å². The second-order valence-electron chi connectivity index (χ2n) is 5.96. The van der Waals surface area contributed by atoms with Gasteiger partial charge in [-0.25, -0.2) is 0 Å². The van der Waals surface area contributed by atoms with Crippen LogP contribution in [-0.4, -0.2) is 20.2 Å². The van der Waals surface area contributed by atoms with Gasteiger partial charge in [-0.3, -0.25) is 0 Å². The highest BCUT2D eigenvalue weighted by Gasteiger charge is 2.25. The zero-order chi connectivity index (χ0) is 16.7. The molecule has 0 saturated carbocycles. The van der Waals surface area contributed by atoms with Crippen LogP contribution >= 0.6 is 15.9 Å². The number of aromatic nitrogens is 4. The summed E-state index contributed by atoms with van der Waals surface area (Å²) in [6.07, 6.45) is 2.17. The number of nitrogens with zero attached hydrogens (tertiary/aromatic N) is 4. The molecule has 0 saturated heterocycles. The van der Waals surface area contributed by atoms with E-state index in [1.165, 1.54) is 16.7 Å². The van der Waals surface area contributed by atoms with Gasteiger partial charge in [0, 0.05) is 10.2 Å². The first-order valence-corrected chi connectivity index (χ1v) is 8.51. The first kappa shape index (κ1) is 15.1. The summed E-state index contributed by atoms with van der Waals surface area (Å²) in [6.45, 7) is 4.23. The van der Waals surface area contributed by atoms with Gasteiger partial charge >= 0.3 is 0 Å². The number of halogens is 1. The van der Waals surface area contributed by atoms with Gasteiger partial charge in [-0.2, -0.15) is 4.68 Å². The molecule has 4 rings (SSSR count). The van der Waals surface area contributed by atoms with Gasteiger partial charge in [0.05, 0.1) is 0 Å². The minimum atomic E-state index is -0.0319. The van der Waals surface area contributed by atoms with Crippen LogP contribution in [0, 0.1) is 13.8 Å². The summed E-state index contributed by atoms with van der Waals surface area (Å²) in [5.41, 5.74) is 5.79. The summed E-state index contributed by atoms with van der Waals surface area (Å²) < 4.78 is 2.87. The van der Waals surface area contributed by atoms with E-state index in [9.17, 15) is 0 Å². The number of benzene rings is 2. The molecule has 0 bridgehead atoms. The quantitative estimate of drug-likeness (QED) is 0.725. The van der Waals surface area contributed by atoms with Gasteiger partial charge in [-0.1, -0.05) is 56.9 Å². The molecule has 0 radical (unpaired) electrons. The summed E-state index contributed by atoms with van der Waals surface area (Å²) in [6, 6.07) is 14.6. The summed E-state index contributed by atoms with van der Waals surface area (Å²) in [5, 5.41) is 15.4. The summed E-state index contributed by atoms with van der Waals surface area (Å²) in [7, 11) is 0. The van der Waals surface area contributed by atoms with Gasteiger partial charge < -0.3 is 5.32 Å². The predicted molar refractivity (Wildman–Crippen MR) is 97.6 cm³/mol. The maximum absolute atomic E-state index is 4.16. The minimum Gasteiger partial charge on any atom is -0.323 e. The van der Waals surface area contributed by atoms with Crippen LogP contribution in [0.1, 0.15) is 28.3 Å². The predicted octanol–water partition coefficient (Wildman–Crippen LogP) is 4.11. The van der Waals surface area contributed by atoms with Gasteiger partial charge in [0.25, 0.3) is 0 Å². The largest absolute Gasteiger partial charge is 0.323 e. The Labute approximate surface area is 148 Å². The molecule has 1 aliphatic rings. The molecule has 0 amide bonds. The number of hydrogen-bond acceptors (Lipinski definition) is 4. The van der Waals surface area contributed by atoms with Crippen molar-refractivity contribution in [3.05, 3.63) is 75.3 Å². The lowest BCUT2D eigenvalue weighted by Crippen LogP contribution is -2.21. The highest BCUT2D eigenvalue weighted by molar-refractivity contribution is 9.10. The Kier molecular flexibility index (Phi) is 3.69. The van der Waals surface area contributed by atoms with E-state index < -0.39 is 0 Å². The number of fused-ring (bicyclic) bond motifs is 1.